The molecule has 0 bridgehead atoms. The van der Waals surface area contributed by atoms with E-state index in [4.69, 9.17) is 14.9 Å². The molecule has 2 rings (SSSR count). The van der Waals surface area contributed by atoms with E-state index < -0.39 is 10.0 Å². The first-order valence-corrected chi connectivity index (χ1v) is 8.79. The van der Waals surface area contributed by atoms with Crippen molar-refractivity contribution in [1.82, 2.24) is 0 Å². The van der Waals surface area contributed by atoms with Crippen molar-refractivity contribution < 1.29 is 17.6 Å². The summed E-state index contributed by atoms with van der Waals surface area (Å²) >= 11 is 6.37. The molecule has 0 spiro atoms. The number of hydrogen-bond acceptors (Lipinski definition) is 5. The van der Waals surface area contributed by atoms with Gasteiger partial charge >= 0.3 is 0 Å². The summed E-state index contributed by atoms with van der Waals surface area (Å²) in [4.78, 5) is -0.00941. The lowest BCUT2D eigenvalue weighted by molar-refractivity contribution is 0.412. The summed E-state index contributed by atoms with van der Waals surface area (Å²) in [6.07, 6.45) is 0. The summed E-state index contributed by atoms with van der Waals surface area (Å²) < 4.78 is 38.3. The lowest BCUT2D eigenvalue weighted by atomic mass is 10.3. The minimum Gasteiger partial charge on any atom is -0.495 e. The van der Waals surface area contributed by atoms with Crippen LogP contribution in [0.3, 0.4) is 0 Å². The maximum Gasteiger partial charge on any atom is 0.266 e. The molecule has 0 fully saturated rings. The van der Waals surface area contributed by atoms with Gasteiger partial charge in [-0.25, -0.2) is 8.42 Å². The van der Waals surface area contributed by atoms with E-state index in [9.17, 15) is 8.42 Å². The highest BCUT2D eigenvalue weighted by Crippen LogP contribution is 2.31. The normalized spacial score (nSPS) is 11.4. The summed E-state index contributed by atoms with van der Waals surface area (Å²) in [6, 6.07) is 6.25. The molecule has 0 aliphatic heterocycles. The van der Waals surface area contributed by atoms with Crippen molar-refractivity contribution in [3.63, 3.8) is 0 Å². The zero-order chi connectivity index (χ0) is 15.6. The Morgan fingerprint density at radius 3 is 2.62 bits per heavy atom. The fourth-order valence-electron chi connectivity index (χ4n) is 1.62. The van der Waals surface area contributed by atoms with Gasteiger partial charge < -0.3 is 14.9 Å². The van der Waals surface area contributed by atoms with Gasteiger partial charge in [-0.2, -0.15) is 0 Å². The molecule has 0 saturated heterocycles. The fourth-order valence-corrected chi connectivity index (χ4v) is 4.07. The SMILES string of the molecule is COc1cc(NS(=O)(=O)c2cc(CN)oc2Br)ccc1Br. The number of rotatable bonds is 5. The molecule has 3 N–H and O–H groups in total. The van der Waals surface area contributed by atoms with Crippen LogP contribution in [0.25, 0.3) is 0 Å². The first-order chi connectivity index (χ1) is 9.87. The van der Waals surface area contributed by atoms with E-state index in [1.54, 1.807) is 18.2 Å². The number of methoxy groups -OCH3 is 1. The van der Waals surface area contributed by atoms with E-state index in [0.29, 0.717) is 17.2 Å². The van der Waals surface area contributed by atoms with Gasteiger partial charge in [-0.15, -0.1) is 0 Å². The number of nitrogens with two attached hydrogens (primary N) is 1. The molecule has 2 aromatic rings. The van der Waals surface area contributed by atoms with Crippen molar-refractivity contribution in [2.75, 3.05) is 11.8 Å². The molecule has 1 aromatic heterocycles. The minimum atomic E-state index is -3.79. The second kappa shape index (κ2) is 6.39. The number of nitrogens with one attached hydrogen (secondary N) is 1. The number of halogens is 2. The highest BCUT2D eigenvalue weighted by atomic mass is 79.9. The smallest absolute Gasteiger partial charge is 0.266 e. The molecular weight excluding hydrogens is 428 g/mol. The quantitative estimate of drug-likeness (QED) is 0.746. The maximum absolute atomic E-state index is 12.3. The number of sulfonamides is 1. The second-order valence-electron chi connectivity index (χ2n) is 4.01. The van der Waals surface area contributed by atoms with Gasteiger partial charge in [0.05, 0.1) is 23.8 Å². The van der Waals surface area contributed by atoms with Crippen molar-refractivity contribution >= 4 is 47.6 Å². The van der Waals surface area contributed by atoms with Gasteiger partial charge in [0.1, 0.15) is 16.4 Å². The van der Waals surface area contributed by atoms with Crippen LogP contribution in [0.5, 0.6) is 5.75 Å². The zero-order valence-corrected chi connectivity index (χ0v) is 14.9. The Hall–Kier alpha value is -1.03. The highest BCUT2D eigenvalue weighted by molar-refractivity contribution is 9.10. The van der Waals surface area contributed by atoms with Gasteiger partial charge in [0.2, 0.25) is 0 Å². The molecule has 0 unspecified atom stereocenters. The molecule has 0 amide bonds. The zero-order valence-electron chi connectivity index (χ0n) is 10.9. The van der Waals surface area contributed by atoms with E-state index >= 15 is 0 Å². The molecule has 0 saturated carbocycles. The Balaban J connectivity index is 2.35. The first-order valence-electron chi connectivity index (χ1n) is 5.72. The molecule has 0 aliphatic carbocycles. The van der Waals surface area contributed by atoms with Crippen LogP contribution in [0.2, 0.25) is 0 Å². The van der Waals surface area contributed by atoms with E-state index in [2.05, 4.69) is 36.6 Å². The lowest BCUT2D eigenvalue weighted by Gasteiger charge is -2.09. The third-order valence-corrected chi connectivity index (χ3v) is 5.49. The summed E-state index contributed by atoms with van der Waals surface area (Å²) in [5.74, 6) is 0.889. The first kappa shape index (κ1) is 16.3. The van der Waals surface area contributed by atoms with Crippen LogP contribution < -0.4 is 15.2 Å². The van der Waals surface area contributed by atoms with E-state index in [1.165, 1.54) is 13.2 Å². The summed E-state index contributed by atoms with van der Waals surface area (Å²) in [5, 5.41) is 0. The predicted molar refractivity (Wildman–Crippen MR) is 85.8 cm³/mol. The van der Waals surface area contributed by atoms with Crippen molar-refractivity contribution in [2.45, 2.75) is 11.4 Å². The second-order valence-corrected chi connectivity index (χ2v) is 7.24. The van der Waals surface area contributed by atoms with Gasteiger partial charge in [-0.3, -0.25) is 4.72 Å². The largest absolute Gasteiger partial charge is 0.495 e. The van der Waals surface area contributed by atoms with Crippen molar-refractivity contribution in [3.8, 4) is 5.75 Å². The van der Waals surface area contributed by atoms with Gasteiger partial charge in [-0.1, -0.05) is 0 Å². The van der Waals surface area contributed by atoms with E-state index in [0.717, 1.165) is 4.47 Å². The van der Waals surface area contributed by atoms with Gasteiger partial charge in [-0.05, 0) is 44.0 Å². The number of furan rings is 1. The summed E-state index contributed by atoms with van der Waals surface area (Å²) in [5.41, 5.74) is 5.80. The van der Waals surface area contributed by atoms with Crippen LogP contribution in [-0.2, 0) is 16.6 Å². The maximum atomic E-state index is 12.3. The van der Waals surface area contributed by atoms with Crippen LogP contribution in [0.15, 0.2) is 42.7 Å². The molecule has 9 heteroatoms. The van der Waals surface area contributed by atoms with Crippen LogP contribution in [-0.4, -0.2) is 15.5 Å². The van der Waals surface area contributed by atoms with Crippen LogP contribution in [0.4, 0.5) is 5.69 Å². The van der Waals surface area contributed by atoms with Crippen LogP contribution in [0.1, 0.15) is 5.76 Å². The fraction of sp³-hybridized carbons (Fsp3) is 0.167. The van der Waals surface area contributed by atoms with E-state index in [1.807, 2.05) is 0 Å². The number of anilines is 1. The van der Waals surface area contributed by atoms with E-state index in [-0.39, 0.29) is 16.1 Å². The van der Waals surface area contributed by atoms with Crippen molar-refractivity contribution in [3.05, 3.63) is 39.2 Å². The molecule has 1 aromatic carbocycles. The summed E-state index contributed by atoms with van der Waals surface area (Å²) in [6.45, 7) is 0.111. The average molecular weight is 440 g/mol. The van der Waals surface area contributed by atoms with Gasteiger partial charge in [0, 0.05) is 12.1 Å². The Labute approximate surface area is 139 Å². The third kappa shape index (κ3) is 3.60. The van der Waals surface area contributed by atoms with Gasteiger partial charge in [0.15, 0.2) is 4.67 Å². The minimum absolute atomic E-state index is 0.00941. The highest BCUT2D eigenvalue weighted by Gasteiger charge is 2.22. The molecule has 0 atom stereocenters. The Bertz CT molecular complexity index is 759. The summed E-state index contributed by atoms with van der Waals surface area (Å²) in [7, 11) is -2.29. The van der Waals surface area contributed by atoms with Crippen molar-refractivity contribution in [2.24, 2.45) is 5.73 Å². The number of hydrogen-bond donors (Lipinski definition) is 2. The number of ether oxygens (including phenoxy) is 1. The molecule has 0 radical (unpaired) electrons. The molecule has 21 heavy (non-hydrogen) atoms. The van der Waals surface area contributed by atoms with Crippen LogP contribution in [0, 0.1) is 0 Å². The molecule has 114 valence electrons. The monoisotopic (exact) mass is 438 g/mol. The Morgan fingerprint density at radius 2 is 2.05 bits per heavy atom. The lowest BCUT2D eigenvalue weighted by Crippen LogP contribution is -2.12. The molecule has 0 aliphatic rings. The molecular formula is C12H12Br2N2O4S. The van der Waals surface area contributed by atoms with Crippen LogP contribution >= 0.6 is 31.9 Å². The average Bonchev–Trinajstić information content (AvgIpc) is 2.83. The van der Waals surface area contributed by atoms with Gasteiger partial charge in [0.25, 0.3) is 10.0 Å². The third-order valence-electron chi connectivity index (χ3n) is 2.60. The standard InChI is InChI=1S/C12H12Br2N2O4S/c1-19-10-4-7(2-3-9(10)13)16-21(17,18)11-5-8(6-15)20-12(11)14/h2-5,16H,6,15H2,1H3. The topological polar surface area (TPSA) is 94.6 Å². The molecule has 6 nitrogen and oxygen atoms in total. The number of benzene rings is 1. The van der Waals surface area contributed by atoms with Crippen molar-refractivity contribution in [1.29, 1.82) is 0 Å². The predicted octanol–water partition coefficient (Wildman–Crippen LogP) is 3.07. The molecule has 1 heterocycles. The Kier molecular flexibility index (Phi) is 4.97. The Morgan fingerprint density at radius 1 is 1.33 bits per heavy atom.